The number of hydrogen-bond donors (Lipinski definition) is 2. The number of anilines is 1. The van der Waals surface area contributed by atoms with Crippen molar-refractivity contribution >= 4 is 17.3 Å². The fourth-order valence-corrected chi connectivity index (χ4v) is 1.97. The topological polar surface area (TPSA) is 24.1 Å². The molecule has 2 nitrogen and oxygen atoms in total. The third-order valence-corrected chi connectivity index (χ3v) is 2.86. The van der Waals surface area contributed by atoms with Crippen LogP contribution in [0.2, 0.25) is 5.02 Å². The molecule has 0 aromatic heterocycles. The van der Waals surface area contributed by atoms with Crippen molar-refractivity contribution in [1.29, 1.82) is 0 Å². The third-order valence-electron chi connectivity index (χ3n) is 2.63. The van der Waals surface area contributed by atoms with Crippen molar-refractivity contribution in [3.05, 3.63) is 29.0 Å². The SMILES string of the molecule is Fc1ccc(Cl)cc1NCC1CCCN1. The fourth-order valence-electron chi connectivity index (χ4n) is 1.80. The molecule has 0 spiro atoms. The summed E-state index contributed by atoms with van der Waals surface area (Å²) in [6, 6.07) is 5.00. The Morgan fingerprint density at radius 2 is 2.40 bits per heavy atom. The van der Waals surface area contributed by atoms with E-state index in [1.54, 1.807) is 12.1 Å². The van der Waals surface area contributed by atoms with Crippen LogP contribution in [0.25, 0.3) is 0 Å². The Bertz CT molecular complexity index is 337. The van der Waals surface area contributed by atoms with Crippen molar-refractivity contribution in [2.45, 2.75) is 18.9 Å². The van der Waals surface area contributed by atoms with Crippen molar-refractivity contribution in [2.75, 3.05) is 18.4 Å². The van der Waals surface area contributed by atoms with Gasteiger partial charge in [-0.05, 0) is 37.6 Å². The maximum atomic E-state index is 13.3. The van der Waals surface area contributed by atoms with Gasteiger partial charge in [0.2, 0.25) is 0 Å². The molecule has 15 heavy (non-hydrogen) atoms. The second kappa shape index (κ2) is 4.81. The minimum Gasteiger partial charge on any atom is -0.381 e. The summed E-state index contributed by atoms with van der Waals surface area (Å²) in [6.45, 7) is 1.81. The minimum absolute atomic E-state index is 0.252. The molecule has 0 radical (unpaired) electrons. The summed E-state index contributed by atoms with van der Waals surface area (Å²) in [7, 11) is 0. The molecular weight excluding hydrogens is 215 g/mol. The highest BCUT2D eigenvalue weighted by atomic mass is 35.5. The summed E-state index contributed by atoms with van der Waals surface area (Å²) in [5.41, 5.74) is 0.483. The highest BCUT2D eigenvalue weighted by Crippen LogP contribution is 2.19. The smallest absolute Gasteiger partial charge is 0.146 e. The Morgan fingerprint density at radius 1 is 1.53 bits per heavy atom. The first-order valence-electron chi connectivity index (χ1n) is 5.18. The van der Waals surface area contributed by atoms with E-state index < -0.39 is 0 Å². The summed E-state index contributed by atoms with van der Waals surface area (Å²) in [5.74, 6) is -0.252. The van der Waals surface area contributed by atoms with Gasteiger partial charge in [0.05, 0.1) is 5.69 Å². The van der Waals surface area contributed by atoms with Crippen molar-refractivity contribution in [3.63, 3.8) is 0 Å². The summed E-state index contributed by atoms with van der Waals surface area (Å²) in [6.07, 6.45) is 2.35. The van der Waals surface area contributed by atoms with Gasteiger partial charge >= 0.3 is 0 Å². The number of halogens is 2. The standard InChI is InChI=1S/C11H14ClFN2/c12-8-3-4-10(13)11(6-8)15-7-9-2-1-5-14-9/h3-4,6,9,14-15H,1-2,5,7H2. The van der Waals surface area contributed by atoms with Crippen LogP contribution in [0, 0.1) is 5.82 Å². The molecule has 2 N–H and O–H groups in total. The number of rotatable bonds is 3. The zero-order valence-corrected chi connectivity index (χ0v) is 9.15. The Hall–Kier alpha value is -0.800. The van der Waals surface area contributed by atoms with Crippen molar-refractivity contribution < 1.29 is 4.39 Å². The van der Waals surface area contributed by atoms with Gasteiger partial charge in [0.15, 0.2) is 0 Å². The summed E-state index contributed by atoms with van der Waals surface area (Å²) >= 11 is 5.79. The van der Waals surface area contributed by atoms with Crippen LogP contribution in [0.5, 0.6) is 0 Å². The molecule has 82 valence electrons. The van der Waals surface area contributed by atoms with E-state index in [4.69, 9.17) is 11.6 Å². The lowest BCUT2D eigenvalue weighted by molar-refractivity contribution is 0.613. The van der Waals surface area contributed by atoms with Crippen LogP contribution >= 0.6 is 11.6 Å². The molecule has 1 aliphatic rings. The maximum Gasteiger partial charge on any atom is 0.146 e. The van der Waals surface area contributed by atoms with Crippen LogP contribution in [0.15, 0.2) is 18.2 Å². The van der Waals surface area contributed by atoms with Crippen LogP contribution in [0.1, 0.15) is 12.8 Å². The van der Waals surface area contributed by atoms with Crippen molar-refractivity contribution in [2.24, 2.45) is 0 Å². The van der Waals surface area contributed by atoms with Gasteiger partial charge in [-0.1, -0.05) is 11.6 Å². The van der Waals surface area contributed by atoms with Gasteiger partial charge in [-0.25, -0.2) is 4.39 Å². The van der Waals surface area contributed by atoms with E-state index in [0.717, 1.165) is 19.5 Å². The van der Waals surface area contributed by atoms with E-state index in [9.17, 15) is 4.39 Å². The first kappa shape index (κ1) is 10.7. The lowest BCUT2D eigenvalue weighted by Crippen LogP contribution is -2.29. The molecule has 1 aromatic rings. The fraction of sp³-hybridized carbons (Fsp3) is 0.455. The Balaban J connectivity index is 1.94. The van der Waals surface area contributed by atoms with Gasteiger partial charge in [0.1, 0.15) is 5.82 Å². The molecule has 0 saturated carbocycles. The Morgan fingerprint density at radius 3 is 3.13 bits per heavy atom. The normalized spacial score (nSPS) is 20.5. The van der Waals surface area contributed by atoms with Crippen LogP contribution in [0.3, 0.4) is 0 Å². The van der Waals surface area contributed by atoms with E-state index in [1.807, 2.05) is 0 Å². The zero-order valence-electron chi connectivity index (χ0n) is 8.39. The van der Waals surface area contributed by atoms with Gasteiger partial charge in [-0.15, -0.1) is 0 Å². The summed E-state index contributed by atoms with van der Waals surface area (Å²) in [5, 5.41) is 6.97. The first-order valence-corrected chi connectivity index (χ1v) is 5.56. The lowest BCUT2D eigenvalue weighted by atomic mass is 10.2. The molecule has 1 saturated heterocycles. The largest absolute Gasteiger partial charge is 0.381 e. The lowest BCUT2D eigenvalue weighted by Gasteiger charge is -2.13. The van der Waals surface area contributed by atoms with Crippen LogP contribution in [-0.2, 0) is 0 Å². The van der Waals surface area contributed by atoms with E-state index >= 15 is 0 Å². The predicted molar refractivity (Wildman–Crippen MR) is 60.9 cm³/mol. The van der Waals surface area contributed by atoms with Crippen LogP contribution in [-0.4, -0.2) is 19.1 Å². The molecule has 1 heterocycles. The van der Waals surface area contributed by atoms with Crippen LogP contribution in [0.4, 0.5) is 10.1 Å². The van der Waals surface area contributed by atoms with Gasteiger partial charge in [-0.3, -0.25) is 0 Å². The molecule has 1 unspecified atom stereocenters. The van der Waals surface area contributed by atoms with E-state index in [2.05, 4.69) is 10.6 Å². The number of nitrogens with one attached hydrogen (secondary N) is 2. The monoisotopic (exact) mass is 228 g/mol. The molecule has 0 amide bonds. The van der Waals surface area contributed by atoms with Gasteiger partial charge in [0, 0.05) is 17.6 Å². The summed E-state index contributed by atoms with van der Waals surface area (Å²) in [4.78, 5) is 0. The molecule has 1 atom stereocenters. The molecule has 0 bridgehead atoms. The summed E-state index contributed by atoms with van der Waals surface area (Å²) < 4.78 is 13.3. The molecule has 1 aromatic carbocycles. The average Bonchev–Trinajstić information content (AvgIpc) is 2.72. The quantitative estimate of drug-likeness (QED) is 0.831. The Kier molecular flexibility index (Phi) is 3.44. The van der Waals surface area contributed by atoms with Crippen molar-refractivity contribution in [1.82, 2.24) is 5.32 Å². The van der Waals surface area contributed by atoms with Crippen LogP contribution < -0.4 is 10.6 Å². The zero-order chi connectivity index (χ0) is 10.7. The second-order valence-corrected chi connectivity index (χ2v) is 4.23. The van der Waals surface area contributed by atoms with E-state index in [1.165, 1.54) is 12.5 Å². The molecule has 0 aliphatic carbocycles. The molecule has 4 heteroatoms. The van der Waals surface area contributed by atoms with E-state index in [0.29, 0.717) is 16.8 Å². The predicted octanol–water partition coefficient (Wildman–Crippen LogP) is 2.64. The second-order valence-electron chi connectivity index (χ2n) is 3.80. The number of hydrogen-bond acceptors (Lipinski definition) is 2. The third kappa shape index (κ3) is 2.83. The molecule has 1 fully saturated rings. The van der Waals surface area contributed by atoms with Crippen molar-refractivity contribution in [3.8, 4) is 0 Å². The minimum atomic E-state index is -0.252. The Labute approximate surface area is 93.8 Å². The number of benzene rings is 1. The average molecular weight is 229 g/mol. The van der Waals surface area contributed by atoms with E-state index in [-0.39, 0.29) is 5.82 Å². The first-order chi connectivity index (χ1) is 7.25. The molecule has 2 rings (SSSR count). The van der Waals surface area contributed by atoms with Gasteiger partial charge in [0.25, 0.3) is 0 Å². The highest BCUT2D eigenvalue weighted by molar-refractivity contribution is 6.30. The van der Waals surface area contributed by atoms with Gasteiger partial charge < -0.3 is 10.6 Å². The van der Waals surface area contributed by atoms with Gasteiger partial charge in [-0.2, -0.15) is 0 Å². The maximum absolute atomic E-state index is 13.3. The molecule has 1 aliphatic heterocycles. The molecular formula is C11H14ClFN2. The highest BCUT2D eigenvalue weighted by Gasteiger charge is 2.13.